The van der Waals surface area contributed by atoms with Crippen molar-refractivity contribution in [2.45, 2.75) is 31.7 Å². The second kappa shape index (κ2) is 2.83. The molecule has 0 spiro atoms. The van der Waals surface area contributed by atoms with Crippen molar-refractivity contribution in [2.75, 3.05) is 6.54 Å². The van der Waals surface area contributed by atoms with Gasteiger partial charge in [0.15, 0.2) is 0 Å². The van der Waals surface area contributed by atoms with E-state index in [1.807, 2.05) is 0 Å². The van der Waals surface area contributed by atoms with E-state index >= 15 is 0 Å². The van der Waals surface area contributed by atoms with Crippen molar-refractivity contribution in [2.24, 2.45) is 11.8 Å². The molecule has 1 aliphatic heterocycles. The van der Waals surface area contributed by atoms with Crippen LogP contribution in [0.5, 0.6) is 0 Å². The lowest BCUT2D eigenvalue weighted by molar-refractivity contribution is 0.283. The van der Waals surface area contributed by atoms with Gasteiger partial charge in [-0.25, -0.2) is 0 Å². The maximum Gasteiger partial charge on any atom is 0.0984 e. The summed E-state index contributed by atoms with van der Waals surface area (Å²) in [6, 6.07) is 2.52. The minimum absolute atomic E-state index is 0.167. The lowest BCUT2D eigenvalue weighted by Crippen LogP contribution is -2.26. The molecule has 1 aliphatic carbocycles. The smallest absolute Gasteiger partial charge is 0.0984 e. The molecule has 2 rings (SSSR count). The van der Waals surface area contributed by atoms with E-state index < -0.39 is 0 Å². The van der Waals surface area contributed by atoms with Crippen molar-refractivity contribution in [3.63, 3.8) is 0 Å². The average molecular weight is 150 g/mol. The van der Waals surface area contributed by atoms with Gasteiger partial charge < -0.3 is 5.32 Å². The maximum absolute atomic E-state index is 8.79. The molecule has 0 amide bonds. The number of hydrogen-bond acceptors (Lipinski definition) is 2. The Hall–Kier alpha value is -0.550. The monoisotopic (exact) mass is 150 g/mol. The summed E-state index contributed by atoms with van der Waals surface area (Å²) >= 11 is 0. The number of rotatable bonds is 0. The zero-order chi connectivity index (χ0) is 7.68. The van der Waals surface area contributed by atoms with Gasteiger partial charge in [0, 0.05) is 0 Å². The molecule has 1 heterocycles. The summed E-state index contributed by atoms with van der Waals surface area (Å²) in [5, 5.41) is 12.1. The Bertz CT molecular complexity index is 182. The van der Waals surface area contributed by atoms with Crippen molar-refractivity contribution >= 4 is 0 Å². The first kappa shape index (κ1) is 7.12. The van der Waals surface area contributed by atoms with E-state index in [9.17, 15) is 0 Å². The van der Waals surface area contributed by atoms with Crippen LogP contribution in [0.1, 0.15) is 25.7 Å². The summed E-state index contributed by atoms with van der Waals surface area (Å²) < 4.78 is 0. The van der Waals surface area contributed by atoms with Crippen LogP contribution in [0.25, 0.3) is 0 Å². The lowest BCUT2D eigenvalue weighted by Gasteiger charge is -2.25. The lowest BCUT2D eigenvalue weighted by atomic mass is 9.79. The second-order valence-corrected chi connectivity index (χ2v) is 3.72. The number of nitrogens with zero attached hydrogens (tertiary/aromatic N) is 1. The highest BCUT2D eigenvalue weighted by Crippen LogP contribution is 2.35. The maximum atomic E-state index is 8.79. The van der Waals surface area contributed by atoms with Gasteiger partial charge in [0.2, 0.25) is 0 Å². The number of nitrogens with one attached hydrogen (secondary N) is 1. The van der Waals surface area contributed by atoms with Gasteiger partial charge in [-0.1, -0.05) is 12.8 Å². The first-order valence-electron chi connectivity index (χ1n) is 4.55. The normalized spacial score (nSPS) is 43.0. The second-order valence-electron chi connectivity index (χ2n) is 3.72. The first-order chi connectivity index (χ1) is 5.42. The predicted octanol–water partition coefficient (Wildman–Crippen LogP) is 1.29. The molecule has 0 radical (unpaired) electrons. The van der Waals surface area contributed by atoms with Gasteiger partial charge >= 0.3 is 0 Å². The minimum atomic E-state index is 0.167. The molecular formula is C9H14N2. The molecule has 0 aromatic carbocycles. The Morgan fingerprint density at radius 2 is 2.09 bits per heavy atom. The van der Waals surface area contributed by atoms with E-state index in [0.29, 0.717) is 5.92 Å². The van der Waals surface area contributed by atoms with Crippen LogP contribution in [-0.2, 0) is 0 Å². The SMILES string of the molecule is N#C[C@H]1NC[C@@H]2CCCC[C@@H]21. The summed E-state index contributed by atoms with van der Waals surface area (Å²) in [5.41, 5.74) is 0. The summed E-state index contributed by atoms with van der Waals surface area (Å²) in [7, 11) is 0. The van der Waals surface area contributed by atoms with Crippen LogP contribution in [-0.4, -0.2) is 12.6 Å². The molecule has 1 N–H and O–H groups in total. The van der Waals surface area contributed by atoms with Crippen molar-refractivity contribution < 1.29 is 0 Å². The van der Waals surface area contributed by atoms with Crippen LogP contribution < -0.4 is 5.32 Å². The number of nitriles is 1. The molecule has 11 heavy (non-hydrogen) atoms. The highest BCUT2D eigenvalue weighted by atomic mass is 15.0. The highest BCUT2D eigenvalue weighted by molar-refractivity contribution is 5.03. The van der Waals surface area contributed by atoms with Gasteiger partial charge in [-0.2, -0.15) is 5.26 Å². The predicted molar refractivity (Wildman–Crippen MR) is 42.9 cm³/mol. The average Bonchev–Trinajstić information content (AvgIpc) is 2.47. The Balaban J connectivity index is 2.05. The van der Waals surface area contributed by atoms with E-state index in [2.05, 4.69) is 11.4 Å². The van der Waals surface area contributed by atoms with Gasteiger partial charge in [-0.15, -0.1) is 0 Å². The van der Waals surface area contributed by atoms with E-state index in [4.69, 9.17) is 5.26 Å². The molecule has 2 heteroatoms. The Morgan fingerprint density at radius 3 is 2.91 bits per heavy atom. The molecule has 0 aromatic heterocycles. The third-order valence-electron chi connectivity index (χ3n) is 3.14. The molecule has 3 atom stereocenters. The summed E-state index contributed by atoms with van der Waals surface area (Å²) in [5.74, 6) is 1.49. The van der Waals surface area contributed by atoms with E-state index in [-0.39, 0.29) is 6.04 Å². The molecule has 0 aromatic rings. The molecule has 1 saturated heterocycles. The molecule has 0 unspecified atom stereocenters. The fourth-order valence-corrected chi connectivity index (χ4v) is 2.50. The van der Waals surface area contributed by atoms with Crippen molar-refractivity contribution in [3.8, 4) is 6.07 Å². The quantitative estimate of drug-likeness (QED) is 0.564. The molecule has 2 nitrogen and oxygen atoms in total. The number of hydrogen-bond donors (Lipinski definition) is 1. The van der Waals surface area contributed by atoms with Crippen molar-refractivity contribution in [1.29, 1.82) is 5.26 Å². The molecule has 0 bridgehead atoms. The van der Waals surface area contributed by atoms with Crippen molar-refractivity contribution in [1.82, 2.24) is 5.32 Å². The van der Waals surface area contributed by atoms with Gasteiger partial charge in [0.1, 0.15) is 0 Å². The van der Waals surface area contributed by atoms with Crippen LogP contribution in [0.4, 0.5) is 0 Å². The molecule has 2 aliphatic rings. The van der Waals surface area contributed by atoms with E-state index in [0.717, 1.165) is 12.5 Å². The number of fused-ring (bicyclic) bond motifs is 1. The topological polar surface area (TPSA) is 35.8 Å². The van der Waals surface area contributed by atoms with Crippen LogP contribution in [0.2, 0.25) is 0 Å². The van der Waals surface area contributed by atoms with Crippen LogP contribution in [0.3, 0.4) is 0 Å². The fraction of sp³-hybridized carbons (Fsp3) is 0.889. The zero-order valence-corrected chi connectivity index (χ0v) is 6.71. The minimum Gasteiger partial charge on any atom is -0.301 e. The van der Waals surface area contributed by atoms with Gasteiger partial charge in [0.05, 0.1) is 12.1 Å². The van der Waals surface area contributed by atoms with Gasteiger partial charge in [-0.05, 0) is 31.2 Å². The van der Waals surface area contributed by atoms with Crippen LogP contribution in [0.15, 0.2) is 0 Å². The van der Waals surface area contributed by atoms with Crippen molar-refractivity contribution in [3.05, 3.63) is 0 Å². The van der Waals surface area contributed by atoms with Crippen LogP contribution >= 0.6 is 0 Å². The van der Waals surface area contributed by atoms with Gasteiger partial charge in [0.25, 0.3) is 0 Å². The third-order valence-corrected chi connectivity index (χ3v) is 3.14. The summed E-state index contributed by atoms with van der Waals surface area (Å²) in [6.45, 7) is 1.09. The molecule has 1 saturated carbocycles. The molecule has 60 valence electrons. The Morgan fingerprint density at radius 1 is 1.27 bits per heavy atom. The highest BCUT2D eigenvalue weighted by Gasteiger charge is 2.36. The Kier molecular flexibility index (Phi) is 1.83. The summed E-state index contributed by atoms with van der Waals surface area (Å²) in [6.07, 6.45) is 5.33. The standard InChI is InChI=1S/C9H14N2/c10-5-9-8-4-2-1-3-7(8)6-11-9/h7-9,11H,1-4,6H2/t7-,8-,9+/m0/s1. The largest absolute Gasteiger partial charge is 0.301 e. The zero-order valence-electron chi connectivity index (χ0n) is 6.71. The first-order valence-corrected chi connectivity index (χ1v) is 4.55. The summed E-state index contributed by atoms with van der Waals surface area (Å²) in [4.78, 5) is 0. The fourth-order valence-electron chi connectivity index (χ4n) is 2.50. The van der Waals surface area contributed by atoms with E-state index in [1.54, 1.807) is 0 Å². The molecular weight excluding hydrogens is 136 g/mol. The molecule has 2 fully saturated rings. The van der Waals surface area contributed by atoms with Gasteiger partial charge in [-0.3, -0.25) is 0 Å². The third kappa shape index (κ3) is 1.14. The Labute approximate surface area is 67.6 Å². The van der Waals surface area contributed by atoms with Crippen LogP contribution in [0, 0.1) is 23.2 Å². The van der Waals surface area contributed by atoms with E-state index in [1.165, 1.54) is 25.7 Å².